The summed E-state index contributed by atoms with van der Waals surface area (Å²) in [4.78, 5) is 0. The quantitative estimate of drug-likeness (QED) is 0.805. The highest BCUT2D eigenvalue weighted by Gasteiger charge is 2.21. The number of anilines is 1. The first-order valence-corrected chi connectivity index (χ1v) is 7.44. The SMILES string of the molecule is COc1ccccc1NC(CC(C)(C)C)c1ccccc1. The van der Waals surface area contributed by atoms with Gasteiger partial charge in [0.25, 0.3) is 0 Å². The second-order valence-corrected chi connectivity index (χ2v) is 6.57. The molecule has 0 saturated heterocycles. The third kappa shape index (κ3) is 4.52. The fraction of sp³-hybridized carbons (Fsp3) is 0.368. The molecule has 0 fully saturated rings. The van der Waals surface area contributed by atoms with E-state index >= 15 is 0 Å². The van der Waals surface area contributed by atoms with Crippen molar-refractivity contribution in [3.05, 3.63) is 60.2 Å². The van der Waals surface area contributed by atoms with E-state index in [1.807, 2.05) is 18.2 Å². The maximum Gasteiger partial charge on any atom is 0.141 e. The highest BCUT2D eigenvalue weighted by molar-refractivity contribution is 5.57. The zero-order valence-electron chi connectivity index (χ0n) is 13.4. The zero-order chi connectivity index (χ0) is 15.3. The van der Waals surface area contributed by atoms with Crippen LogP contribution in [0, 0.1) is 5.41 Å². The van der Waals surface area contributed by atoms with Crippen molar-refractivity contribution in [2.45, 2.75) is 33.2 Å². The van der Waals surface area contributed by atoms with Crippen molar-refractivity contribution in [3.63, 3.8) is 0 Å². The average molecular weight is 283 g/mol. The Kier molecular flexibility index (Phi) is 4.89. The van der Waals surface area contributed by atoms with Crippen LogP contribution < -0.4 is 10.1 Å². The van der Waals surface area contributed by atoms with E-state index in [9.17, 15) is 0 Å². The molecule has 0 heterocycles. The highest BCUT2D eigenvalue weighted by atomic mass is 16.5. The standard InChI is InChI=1S/C19H25NO/c1-19(2,3)14-17(15-10-6-5-7-11-15)20-16-12-8-9-13-18(16)21-4/h5-13,17,20H,14H2,1-4H3. The number of rotatable bonds is 5. The van der Waals surface area contributed by atoms with Crippen molar-refractivity contribution >= 4 is 5.69 Å². The monoisotopic (exact) mass is 283 g/mol. The van der Waals surface area contributed by atoms with Crippen LogP contribution in [0.2, 0.25) is 0 Å². The third-order valence-electron chi connectivity index (χ3n) is 3.46. The Labute approximate surface area is 128 Å². The van der Waals surface area contributed by atoms with E-state index in [-0.39, 0.29) is 11.5 Å². The summed E-state index contributed by atoms with van der Waals surface area (Å²) < 4.78 is 5.45. The smallest absolute Gasteiger partial charge is 0.141 e. The summed E-state index contributed by atoms with van der Waals surface area (Å²) in [6.07, 6.45) is 1.05. The molecular formula is C19H25NO. The maximum atomic E-state index is 5.45. The zero-order valence-corrected chi connectivity index (χ0v) is 13.4. The molecule has 1 atom stereocenters. The molecular weight excluding hydrogens is 258 g/mol. The van der Waals surface area contributed by atoms with Crippen LogP contribution in [0.5, 0.6) is 5.75 Å². The van der Waals surface area contributed by atoms with Gasteiger partial charge in [0.2, 0.25) is 0 Å². The van der Waals surface area contributed by atoms with Gasteiger partial charge in [0.05, 0.1) is 18.8 Å². The van der Waals surface area contributed by atoms with Crippen molar-refractivity contribution in [1.82, 2.24) is 0 Å². The molecule has 0 amide bonds. The van der Waals surface area contributed by atoms with Gasteiger partial charge in [0, 0.05) is 0 Å². The largest absolute Gasteiger partial charge is 0.495 e. The van der Waals surface area contributed by atoms with Gasteiger partial charge in [-0.3, -0.25) is 0 Å². The fourth-order valence-corrected chi connectivity index (χ4v) is 2.50. The molecule has 2 heteroatoms. The van der Waals surface area contributed by atoms with Crippen LogP contribution >= 0.6 is 0 Å². The summed E-state index contributed by atoms with van der Waals surface area (Å²) in [6, 6.07) is 18.9. The lowest BCUT2D eigenvalue weighted by molar-refractivity contribution is 0.351. The van der Waals surface area contributed by atoms with Gasteiger partial charge in [0.1, 0.15) is 5.75 Å². The molecule has 2 aromatic carbocycles. The minimum Gasteiger partial charge on any atom is -0.495 e. The van der Waals surface area contributed by atoms with Crippen LogP contribution in [-0.2, 0) is 0 Å². The first kappa shape index (κ1) is 15.4. The van der Waals surface area contributed by atoms with Gasteiger partial charge in [-0.25, -0.2) is 0 Å². The highest BCUT2D eigenvalue weighted by Crippen LogP contribution is 2.34. The van der Waals surface area contributed by atoms with E-state index in [0.29, 0.717) is 0 Å². The van der Waals surface area contributed by atoms with Crippen molar-refractivity contribution in [2.75, 3.05) is 12.4 Å². The molecule has 2 nitrogen and oxygen atoms in total. The molecule has 1 unspecified atom stereocenters. The topological polar surface area (TPSA) is 21.3 Å². The molecule has 21 heavy (non-hydrogen) atoms. The minimum atomic E-state index is 0.246. The number of hydrogen-bond acceptors (Lipinski definition) is 2. The molecule has 2 aromatic rings. The predicted octanol–water partition coefficient (Wildman–Crippen LogP) is 5.28. The van der Waals surface area contributed by atoms with E-state index in [1.165, 1.54) is 5.56 Å². The van der Waals surface area contributed by atoms with Crippen molar-refractivity contribution in [2.24, 2.45) is 5.41 Å². The minimum absolute atomic E-state index is 0.246. The Bertz CT molecular complexity index is 557. The van der Waals surface area contributed by atoms with Crippen LogP contribution in [0.1, 0.15) is 38.8 Å². The van der Waals surface area contributed by atoms with Gasteiger partial charge < -0.3 is 10.1 Å². The van der Waals surface area contributed by atoms with E-state index in [1.54, 1.807) is 7.11 Å². The van der Waals surface area contributed by atoms with E-state index in [4.69, 9.17) is 4.74 Å². The Morgan fingerprint density at radius 1 is 0.952 bits per heavy atom. The van der Waals surface area contributed by atoms with Crippen molar-refractivity contribution in [1.29, 1.82) is 0 Å². The molecule has 2 rings (SSSR count). The molecule has 0 aliphatic carbocycles. The summed E-state index contributed by atoms with van der Waals surface area (Å²) in [6.45, 7) is 6.81. The van der Waals surface area contributed by atoms with Crippen LogP contribution in [0.3, 0.4) is 0 Å². The number of ether oxygens (including phenoxy) is 1. The first-order valence-electron chi connectivity index (χ1n) is 7.44. The maximum absolute atomic E-state index is 5.45. The Balaban J connectivity index is 2.28. The molecule has 0 bridgehead atoms. The van der Waals surface area contributed by atoms with Gasteiger partial charge in [-0.1, -0.05) is 63.2 Å². The van der Waals surface area contributed by atoms with Crippen molar-refractivity contribution < 1.29 is 4.74 Å². The Morgan fingerprint density at radius 2 is 1.57 bits per heavy atom. The van der Waals surface area contributed by atoms with Crippen LogP contribution in [0.25, 0.3) is 0 Å². The van der Waals surface area contributed by atoms with Gasteiger partial charge >= 0.3 is 0 Å². The second-order valence-electron chi connectivity index (χ2n) is 6.57. The lowest BCUT2D eigenvalue weighted by Gasteiger charge is -2.28. The van der Waals surface area contributed by atoms with E-state index in [0.717, 1.165) is 17.9 Å². The van der Waals surface area contributed by atoms with E-state index in [2.05, 4.69) is 62.5 Å². The third-order valence-corrected chi connectivity index (χ3v) is 3.46. The molecule has 1 N–H and O–H groups in total. The summed E-state index contributed by atoms with van der Waals surface area (Å²) in [5, 5.41) is 3.65. The molecule has 0 aromatic heterocycles. The van der Waals surface area contributed by atoms with Crippen LogP contribution in [0.15, 0.2) is 54.6 Å². The number of hydrogen-bond donors (Lipinski definition) is 1. The van der Waals surface area contributed by atoms with E-state index < -0.39 is 0 Å². The Morgan fingerprint density at radius 3 is 2.19 bits per heavy atom. The van der Waals surface area contributed by atoms with Crippen molar-refractivity contribution in [3.8, 4) is 5.75 Å². The first-order chi connectivity index (χ1) is 9.99. The lowest BCUT2D eigenvalue weighted by atomic mass is 9.85. The summed E-state index contributed by atoms with van der Waals surface area (Å²) in [5.41, 5.74) is 2.59. The van der Waals surface area contributed by atoms with Gasteiger partial charge in [-0.2, -0.15) is 0 Å². The summed E-state index contributed by atoms with van der Waals surface area (Å²) in [5.74, 6) is 0.882. The molecule has 0 spiro atoms. The van der Waals surface area contributed by atoms with Gasteiger partial charge in [-0.15, -0.1) is 0 Å². The fourth-order valence-electron chi connectivity index (χ4n) is 2.50. The molecule has 0 saturated carbocycles. The number of para-hydroxylation sites is 2. The summed E-state index contributed by atoms with van der Waals surface area (Å²) >= 11 is 0. The molecule has 0 aliphatic rings. The average Bonchev–Trinajstić information content (AvgIpc) is 2.47. The lowest BCUT2D eigenvalue weighted by Crippen LogP contribution is -2.19. The second kappa shape index (κ2) is 6.66. The number of methoxy groups -OCH3 is 1. The van der Waals surface area contributed by atoms with Crippen LogP contribution in [-0.4, -0.2) is 7.11 Å². The Hall–Kier alpha value is -1.96. The normalized spacial score (nSPS) is 12.8. The van der Waals surface area contributed by atoms with Gasteiger partial charge in [0.15, 0.2) is 0 Å². The van der Waals surface area contributed by atoms with Crippen LogP contribution in [0.4, 0.5) is 5.69 Å². The number of nitrogens with one attached hydrogen (secondary N) is 1. The predicted molar refractivity (Wildman–Crippen MR) is 89.9 cm³/mol. The molecule has 0 aliphatic heterocycles. The molecule has 112 valence electrons. The van der Waals surface area contributed by atoms with Gasteiger partial charge in [-0.05, 0) is 29.5 Å². The summed E-state index contributed by atoms with van der Waals surface area (Å²) in [7, 11) is 1.71. The number of benzene rings is 2. The molecule has 0 radical (unpaired) electrons.